The van der Waals surface area contributed by atoms with E-state index in [0.717, 1.165) is 17.2 Å². The zero-order valence-corrected chi connectivity index (χ0v) is 15.8. The summed E-state index contributed by atoms with van der Waals surface area (Å²) in [5.41, 5.74) is 2.53. The van der Waals surface area contributed by atoms with Crippen LogP contribution in [0.15, 0.2) is 54.6 Å². The van der Waals surface area contributed by atoms with E-state index in [0.29, 0.717) is 12.0 Å². The van der Waals surface area contributed by atoms with Gasteiger partial charge in [-0.2, -0.15) is 0 Å². The van der Waals surface area contributed by atoms with Crippen molar-refractivity contribution in [3.05, 3.63) is 77.1 Å². The van der Waals surface area contributed by atoms with Crippen molar-refractivity contribution in [3.63, 3.8) is 0 Å². The summed E-state index contributed by atoms with van der Waals surface area (Å²) in [6.45, 7) is -0.264. The average molecular weight is 397 g/mol. The van der Waals surface area contributed by atoms with E-state index in [1.165, 1.54) is 42.4 Å². The second-order valence-corrected chi connectivity index (χ2v) is 6.53. The molecule has 1 atom stereocenters. The monoisotopic (exact) mass is 397 g/mol. The summed E-state index contributed by atoms with van der Waals surface area (Å²) in [6.07, 6.45) is 2.96. The molecule has 0 fully saturated rings. The van der Waals surface area contributed by atoms with Crippen molar-refractivity contribution >= 4 is 23.9 Å². The predicted octanol–water partition coefficient (Wildman–Crippen LogP) is 2.51. The van der Waals surface area contributed by atoms with Gasteiger partial charge in [-0.3, -0.25) is 4.79 Å². The molecule has 0 saturated carbocycles. The first kappa shape index (κ1) is 20.3. The predicted molar refractivity (Wildman–Crippen MR) is 103 cm³/mol. The van der Waals surface area contributed by atoms with Crippen LogP contribution in [-0.4, -0.2) is 42.5 Å². The summed E-state index contributed by atoms with van der Waals surface area (Å²) < 4.78 is 22.7. The number of carbonyl (C=O) groups is 3. The van der Waals surface area contributed by atoms with E-state index >= 15 is 0 Å². The van der Waals surface area contributed by atoms with Gasteiger partial charge in [-0.15, -0.1) is 0 Å². The number of ether oxygens (including phenoxy) is 2. The molecule has 0 saturated heterocycles. The molecule has 2 aromatic rings. The maximum absolute atomic E-state index is 12.9. The Morgan fingerprint density at radius 2 is 1.79 bits per heavy atom. The van der Waals surface area contributed by atoms with Crippen molar-refractivity contribution in [1.82, 2.24) is 4.90 Å². The van der Waals surface area contributed by atoms with Crippen molar-refractivity contribution in [1.29, 1.82) is 0 Å². The largest absolute Gasteiger partial charge is 0.467 e. The summed E-state index contributed by atoms with van der Waals surface area (Å²) >= 11 is 0. The van der Waals surface area contributed by atoms with Crippen LogP contribution in [0, 0.1) is 5.82 Å². The molecule has 6 nitrogen and oxygen atoms in total. The van der Waals surface area contributed by atoms with E-state index < -0.39 is 30.5 Å². The van der Waals surface area contributed by atoms with E-state index in [1.54, 1.807) is 0 Å². The molecule has 150 valence electrons. The molecule has 0 bridgehead atoms. The Balaban J connectivity index is 1.63. The summed E-state index contributed by atoms with van der Waals surface area (Å²) in [7, 11) is 1.27. The number of hydrogen-bond donors (Lipinski definition) is 0. The number of hydrogen-bond acceptors (Lipinski definition) is 5. The normalized spacial score (nSPS) is 15.7. The zero-order chi connectivity index (χ0) is 20.8. The Morgan fingerprint density at radius 1 is 1.10 bits per heavy atom. The zero-order valence-electron chi connectivity index (χ0n) is 15.8. The van der Waals surface area contributed by atoms with E-state index in [4.69, 9.17) is 9.47 Å². The Hall–Kier alpha value is -3.48. The molecule has 0 radical (unpaired) electrons. The van der Waals surface area contributed by atoms with Gasteiger partial charge in [0.1, 0.15) is 11.9 Å². The Bertz CT molecular complexity index is 938. The number of halogens is 1. The second kappa shape index (κ2) is 9.14. The van der Waals surface area contributed by atoms with Crippen LogP contribution in [0.3, 0.4) is 0 Å². The average Bonchev–Trinajstić information content (AvgIpc) is 2.75. The van der Waals surface area contributed by atoms with E-state index in [1.807, 2.05) is 24.3 Å². The lowest BCUT2D eigenvalue weighted by molar-refractivity contribution is -0.158. The number of carbonyl (C=O) groups excluding carboxylic acids is 3. The SMILES string of the molecule is COC(=O)[C@@H]1Cc2ccccc2CN1C(=O)COC(=O)/C=C/c1ccc(F)cc1. The third-order valence-corrected chi connectivity index (χ3v) is 4.66. The number of benzene rings is 2. The van der Waals surface area contributed by atoms with Crippen LogP contribution in [0.25, 0.3) is 6.08 Å². The molecular weight excluding hydrogens is 377 g/mol. The molecule has 0 N–H and O–H groups in total. The molecule has 0 aliphatic carbocycles. The van der Waals surface area contributed by atoms with Crippen LogP contribution >= 0.6 is 0 Å². The van der Waals surface area contributed by atoms with Gasteiger partial charge in [0.25, 0.3) is 5.91 Å². The van der Waals surface area contributed by atoms with Gasteiger partial charge in [0, 0.05) is 19.0 Å². The molecule has 29 heavy (non-hydrogen) atoms. The fraction of sp³-hybridized carbons (Fsp3) is 0.227. The van der Waals surface area contributed by atoms with Gasteiger partial charge in [-0.05, 0) is 34.9 Å². The summed E-state index contributed by atoms with van der Waals surface area (Å²) in [6, 6.07) is 12.3. The van der Waals surface area contributed by atoms with Crippen molar-refractivity contribution in [2.45, 2.75) is 19.0 Å². The minimum Gasteiger partial charge on any atom is -0.467 e. The number of esters is 2. The minimum absolute atomic E-state index is 0.234. The standard InChI is InChI=1S/C22H20FNO5/c1-28-22(27)19-12-16-4-2-3-5-17(16)13-24(19)20(25)14-29-21(26)11-8-15-6-9-18(23)10-7-15/h2-11,19H,12-14H2,1H3/b11-8+/t19-/m0/s1. The minimum atomic E-state index is -0.768. The summed E-state index contributed by atoms with van der Waals surface area (Å²) in [5, 5.41) is 0. The highest BCUT2D eigenvalue weighted by Gasteiger charge is 2.35. The molecular formula is C22H20FNO5. The number of fused-ring (bicyclic) bond motifs is 1. The molecule has 7 heteroatoms. The number of methoxy groups -OCH3 is 1. The number of rotatable bonds is 5. The highest BCUT2D eigenvalue weighted by molar-refractivity contribution is 5.90. The van der Waals surface area contributed by atoms with Crippen LogP contribution < -0.4 is 0 Å². The molecule has 0 spiro atoms. The topological polar surface area (TPSA) is 72.9 Å². The van der Waals surface area contributed by atoms with E-state index in [-0.39, 0.29) is 12.4 Å². The van der Waals surface area contributed by atoms with Crippen molar-refractivity contribution < 1.29 is 28.2 Å². The first-order chi connectivity index (χ1) is 14.0. The van der Waals surface area contributed by atoms with E-state index in [9.17, 15) is 18.8 Å². The van der Waals surface area contributed by atoms with Crippen molar-refractivity contribution in [2.75, 3.05) is 13.7 Å². The Morgan fingerprint density at radius 3 is 2.48 bits per heavy atom. The quantitative estimate of drug-likeness (QED) is 0.573. The van der Waals surface area contributed by atoms with Crippen LogP contribution in [0.4, 0.5) is 4.39 Å². The van der Waals surface area contributed by atoms with Crippen LogP contribution in [-0.2, 0) is 36.8 Å². The first-order valence-corrected chi connectivity index (χ1v) is 9.02. The van der Waals surface area contributed by atoms with E-state index in [2.05, 4.69) is 0 Å². The second-order valence-electron chi connectivity index (χ2n) is 6.53. The van der Waals surface area contributed by atoms with Gasteiger partial charge >= 0.3 is 11.9 Å². The van der Waals surface area contributed by atoms with Gasteiger partial charge in [0.2, 0.25) is 0 Å². The molecule has 1 aliphatic heterocycles. The number of amides is 1. The molecule has 0 unspecified atom stereocenters. The fourth-order valence-corrected chi connectivity index (χ4v) is 3.13. The fourth-order valence-electron chi connectivity index (χ4n) is 3.13. The molecule has 0 aromatic heterocycles. The Labute approximate surface area is 167 Å². The van der Waals surface area contributed by atoms with Gasteiger partial charge in [-0.25, -0.2) is 14.0 Å². The van der Waals surface area contributed by atoms with Gasteiger partial charge in [0.05, 0.1) is 7.11 Å². The summed E-state index contributed by atoms with van der Waals surface area (Å²) in [5.74, 6) is -2.10. The first-order valence-electron chi connectivity index (χ1n) is 9.02. The summed E-state index contributed by atoms with van der Waals surface area (Å²) in [4.78, 5) is 38.0. The van der Waals surface area contributed by atoms with Crippen LogP contribution in [0.1, 0.15) is 16.7 Å². The highest BCUT2D eigenvalue weighted by Crippen LogP contribution is 2.24. The molecule has 1 amide bonds. The lowest BCUT2D eigenvalue weighted by Gasteiger charge is -2.35. The molecule has 2 aromatic carbocycles. The maximum Gasteiger partial charge on any atom is 0.331 e. The van der Waals surface area contributed by atoms with Gasteiger partial charge < -0.3 is 14.4 Å². The van der Waals surface area contributed by atoms with Crippen LogP contribution in [0.2, 0.25) is 0 Å². The van der Waals surface area contributed by atoms with Crippen molar-refractivity contribution in [3.8, 4) is 0 Å². The molecule has 1 aliphatic rings. The molecule has 1 heterocycles. The highest BCUT2D eigenvalue weighted by atomic mass is 19.1. The number of nitrogens with zero attached hydrogens (tertiary/aromatic N) is 1. The van der Waals surface area contributed by atoms with Crippen molar-refractivity contribution in [2.24, 2.45) is 0 Å². The Kier molecular flexibility index (Phi) is 6.39. The third kappa shape index (κ3) is 5.07. The molecule has 3 rings (SSSR count). The lowest BCUT2D eigenvalue weighted by atomic mass is 9.94. The smallest absolute Gasteiger partial charge is 0.331 e. The third-order valence-electron chi connectivity index (χ3n) is 4.66. The van der Waals surface area contributed by atoms with Gasteiger partial charge in [0.15, 0.2) is 6.61 Å². The van der Waals surface area contributed by atoms with Gasteiger partial charge in [-0.1, -0.05) is 36.4 Å². The van der Waals surface area contributed by atoms with Crippen LogP contribution in [0.5, 0.6) is 0 Å². The lowest BCUT2D eigenvalue weighted by Crippen LogP contribution is -2.50. The maximum atomic E-state index is 12.9.